The van der Waals surface area contributed by atoms with Gasteiger partial charge >= 0.3 is 0 Å². The monoisotopic (exact) mass is 243 g/mol. The first-order valence-corrected chi connectivity index (χ1v) is 6.55. The topological polar surface area (TPSA) is 41.6 Å². The van der Waals surface area contributed by atoms with Crippen LogP contribution in [0.5, 0.6) is 0 Å². The van der Waals surface area contributed by atoms with Crippen LogP contribution in [0.4, 0.5) is 0 Å². The maximum absolute atomic E-state index is 4.63. The molecule has 0 bridgehead atoms. The molecule has 0 saturated carbocycles. The summed E-state index contributed by atoms with van der Waals surface area (Å²) >= 11 is 0. The molecule has 0 aromatic carbocycles. The quantitative estimate of drug-likeness (QED) is 0.885. The maximum atomic E-state index is 4.63. The highest BCUT2D eigenvalue weighted by atomic mass is 15.1. The molecule has 0 unspecified atom stereocenters. The molecule has 0 fully saturated rings. The second-order valence-corrected chi connectivity index (χ2v) is 5.46. The SMILES string of the molecule is CC(C)C(c1ccc(-c2ccn[nH]2)cn1)C(C)C. The van der Waals surface area contributed by atoms with Gasteiger partial charge in [0, 0.05) is 29.6 Å². The highest BCUT2D eigenvalue weighted by Gasteiger charge is 2.20. The van der Waals surface area contributed by atoms with Crippen molar-refractivity contribution in [3.63, 3.8) is 0 Å². The molecular formula is C15H21N3. The van der Waals surface area contributed by atoms with Gasteiger partial charge in [-0.2, -0.15) is 5.10 Å². The minimum atomic E-state index is 0.515. The Morgan fingerprint density at radius 1 is 1.00 bits per heavy atom. The number of rotatable bonds is 4. The lowest BCUT2D eigenvalue weighted by Crippen LogP contribution is -2.14. The number of hydrogen-bond acceptors (Lipinski definition) is 2. The normalized spacial score (nSPS) is 11.7. The van der Waals surface area contributed by atoms with Crippen LogP contribution in [0.1, 0.15) is 39.3 Å². The highest BCUT2D eigenvalue weighted by molar-refractivity contribution is 5.57. The lowest BCUT2D eigenvalue weighted by atomic mass is 9.82. The molecule has 0 saturated heterocycles. The summed E-state index contributed by atoms with van der Waals surface area (Å²) in [5.74, 6) is 1.73. The molecule has 2 aromatic rings. The second-order valence-electron chi connectivity index (χ2n) is 5.46. The third kappa shape index (κ3) is 2.61. The van der Waals surface area contributed by atoms with E-state index in [1.54, 1.807) is 6.20 Å². The summed E-state index contributed by atoms with van der Waals surface area (Å²) in [6, 6.07) is 6.22. The molecule has 1 N–H and O–H groups in total. The van der Waals surface area contributed by atoms with Crippen LogP contribution in [0.15, 0.2) is 30.6 Å². The number of hydrogen-bond donors (Lipinski definition) is 1. The summed E-state index contributed by atoms with van der Waals surface area (Å²) in [5.41, 5.74) is 3.28. The molecule has 0 amide bonds. The largest absolute Gasteiger partial charge is 0.278 e. The molecule has 96 valence electrons. The van der Waals surface area contributed by atoms with Crippen molar-refractivity contribution in [2.24, 2.45) is 11.8 Å². The Bertz CT molecular complexity index is 461. The van der Waals surface area contributed by atoms with Gasteiger partial charge in [-0.1, -0.05) is 27.7 Å². The van der Waals surface area contributed by atoms with Crippen molar-refractivity contribution in [2.75, 3.05) is 0 Å². The van der Waals surface area contributed by atoms with Crippen LogP contribution in [0, 0.1) is 11.8 Å². The smallest absolute Gasteiger partial charge is 0.0665 e. The summed E-state index contributed by atoms with van der Waals surface area (Å²) in [5, 5.41) is 6.92. The van der Waals surface area contributed by atoms with Crippen LogP contribution in [0.25, 0.3) is 11.3 Å². The van der Waals surface area contributed by atoms with Crippen molar-refractivity contribution in [2.45, 2.75) is 33.6 Å². The molecule has 2 heterocycles. The zero-order valence-corrected chi connectivity index (χ0v) is 11.5. The Hall–Kier alpha value is -1.64. The van der Waals surface area contributed by atoms with Gasteiger partial charge in [-0.05, 0) is 30.0 Å². The Morgan fingerprint density at radius 2 is 1.72 bits per heavy atom. The third-order valence-electron chi connectivity index (χ3n) is 3.38. The Labute approximate surface area is 109 Å². The molecule has 0 aliphatic heterocycles. The van der Waals surface area contributed by atoms with Gasteiger partial charge in [-0.25, -0.2) is 0 Å². The van der Waals surface area contributed by atoms with E-state index in [0.717, 1.165) is 11.3 Å². The summed E-state index contributed by atoms with van der Waals surface area (Å²) < 4.78 is 0. The van der Waals surface area contributed by atoms with E-state index in [1.807, 2.05) is 12.3 Å². The van der Waals surface area contributed by atoms with E-state index >= 15 is 0 Å². The van der Waals surface area contributed by atoms with Crippen molar-refractivity contribution >= 4 is 0 Å². The lowest BCUT2D eigenvalue weighted by Gasteiger charge is -2.24. The minimum absolute atomic E-state index is 0.515. The minimum Gasteiger partial charge on any atom is -0.278 e. The number of aromatic amines is 1. The molecule has 0 radical (unpaired) electrons. The van der Waals surface area contributed by atoms with E-state index in [4.69, 9.17) is 0 Å². The van der Waals surface area contributed by atoms with Crippen LogP contribution < -0.4 is 0 Å². The molecule has 3 nitrogen and oxygen atoms in total. The van der Waals surface area contributed by atoms with Gasteiger partial charge < -0.3 is 0 Å². The zero-order chi connectivity index (χ0) is 13.1. The average Bonchev–Trinajstić information content (AvgIpc) is 2.82. The van der Waals surface area contributed by atoms with Crippen molar-refractivity contribution in [3.8, 4) is 11.3 Å². The summed E-state index contributed by atoms with van der Waals surface area (Å²) in [6.45, 7) is 9.04. The van der Waals surface area contributed by atoms with E-state index in [0.29, 0.717) is 17.8 Å². The molecule has 3 heteroatoms. The van der Waals surface area contributed by atoms with Gasteiger partial charge in [-0.3, -0.25) is 10.1 Å². The van der Waals surface area contributed by atoms with Gasteiger partial charge in [0.05, 0.1) is 5.69 Å². The number of pyridine rings is 1. The van der Waals surface area contributed by atoms with Crippen LogP contribution in [-0.2, 0) is 0 Å². The Kier molecular flexibility index (Phi) is 3.80. The van der Waals surface area contributed by atoms with E-state index in [1.165, 1.54) is 5.69 Å². The van der Waals surface area contributed by atoms with E-state index < -0.39 is 0 Å². The second kappa shape index (κ2) is 5.34. The molecule has 18 heavy (non-hydrogen) atoms. The van der Waals surface area contributed by atoms with E-state index in [9.17, 15) is 0 Å². The number of nitrogens with zero attached hydrogens (tertiary/aromatic N) is 2. The van der Waals surface area contributed by atoms with Crippen molar-refractivity contribution < 1.29 is 0 Å². The van der Waals surface area contributed by atoms with Crippen LogP contribution in [0.3, 0.4) is 0 Å². The van der Waals surface area contributed by atoms with Crippen molar-refractivity contribution in [3.05, 3.63) is 36.3 Å². The maximum Gasteiger partial charge on any atom is 0.0665 e. The van der Waals surface area contributed by atoms with Gasteiger partial charge in [0.2, 0.25) is 0 Å². The predicted molar refractivity (Wildman–Crippen MR) is 74.2 cm³/mol. The number of aromatic nitrogens is 3. The summed E-state index contributed by atoms with van der Waals surface area (Å²) in [6.07, 6.45) is 3.69. The Morgan fingerprint density at radius 3 is 2.17 bits per heavy atom. The number of nitrogens with one attached hydrogen (secondary N) is 1. The first-order chi connectivity index (χ1) is 8.59. The standard InChI is InChI=1S/C15H21N3/c1-10(2)15(11(3)4)14-6-5-12(9-16-14)13-7-8-17-18-13/h5-11,15H,1-4H3,(H,17,18). The molecule has 2 rings (SSSR count). The predicted octanol–water partition coefficient (Wildman–Crippen LogP) is 3.87. The average molecular weight is 243 g/mol. The van der Waals surface area contributed by atoms with Crippen molar-refractivity contribution in [1.82, 2.24) is 15.2 Å². The van der Waals surface area contributed by atoms with Gasteiger partial charge in [0.25, 0.3) is 0 Å². The van der Waals surface area contributed by atoms with Gasteiger partial charge in [0.1, 0.15) is 0 Å². The summed E-state index contributed by atoms with van der Waals surface area (Å²) in [7, 11) is 0. The van der Waals surface area contributed by atoms with Crippen LogP contribution in [-0.4, -0.2) is 15.2 Å². The molecule has 0 atom stereocenters. The fourth-order valence-electron chi connectivity index (χ4n) is 2.63. The summed E-state index contributed by atoms with van der Waals surface area (Å²) in [4.78, 5) is 4.63. The molecule has 0 aliphatic rings. The molecular weight excluding hydrogens is 222 g/mol. The zero-order valence-electron chi connectivity index (χ0n) is 11.5. The van der Waals surface area contributed by atoms with Gasteiger partial charge in [-0.15, -0.1) is 0 Å². The first kappa shape index (κ1) is 12.8. The van der Waals surface area contributed by atoms with Gasteiger partial charge in [0.15, 0.2) is 0 Å². The molecule has 2 aromatic heterocycles. The lowest BCUT2D eigenvalue weighted by molar-refractivity contribution is 0.380. The first-order valence-electron chi connectivity index (χ1n) is 6.55. The van der Waals surface area contributed by atoms with Crippen LogP contribution >= 0.6 is 0 Å². The van der Waals surface area contributed by atoms with Crippen LogP contribution in [0.2, 0.25) is 0 Å². The van der Waals surface area contributed by atoms with E-state index in [2.05, 4.69) is 55.0 Å². The fraction of sp³-hybridized carbons (Fsp3) is 0.467. The molecule has 0 spiro atoms. The van der Waals surface area contributed by atoms with Crippen molar-refractivity contribution in [1.29, 1.82) is 0 Å². The van der Waals surface area contributed by atoms with E-state index in [-0.39, 0.29) is 0 Å². The fourth-order valence-corrected chi connectivity index (χ4v) is 2.63. The highest BCUT2D eigenvalue weighted by Crippen LogP contribution is 2.31. The number of H-pyrrole nitrogens is 1. The molecule has 0 aliphatic carbocycles. The Balaban J connectivity index is 2.26. The third-order valence-corrected chi connectivity index (χ3v) is 3.38.